The van der Waals surface area contributed by atoms with Gasteiger partial charge in [-0.15, -0.1) is 0 Å². The first-order chi connectivity index (χ1) is 8.01. The largest absolute Gasteiger partial charge is 0.469 e. The lowest BCUT2D eigenvalue weighted by atomic mass is 10.0. The molecule has 1 heterocycles. The van der Waals surface area contributed by atoms with Gasteiger partial charge in [0.1, 0.15) is 0 Å². The number of carbonyl (C=O) groups excluding carboxylic acids is 1. The van der Waals surface area contributed by atoms with Gasteiger partial charge in [0, 0.05) is 10.9 Å². The molecular weight excluding hydrogens is 298 g/mol. The maximum absolute atomic E-state index is 12.9. The summed E-state index contributed by atoms with van der Waals surface area (Å²) in [4.78, 5) is 14.9. The van der Waals surface area contributed by atoms with Crippen LogP contribution in [-0.2, 0) is 21.3 Å². The quantitative estimate of drug-likeness (QED) is 0.684. The second kappa shape index (κ2) is 5.90. The summed E-state index contributed by atoms with van der Waals surface area (Å²) >= 11 is 3.09. The van der Waals surface area contributed by atoms with Crippen molar-refractivity contribution in [2.75, 3.05) is 12.8 Å². The van der Waals surface area contributed by atoms with Gasteiger partial charge >= 0.3 is 5.97 Å². The number of aromatic nitrogens is 1. The lowest BCUT2D eigenvalue weighted by Gasteiger charge is -2.13. The summed E-state index contributed by atoms with van der Waals surface area (Å²) in [5.41, 5.74) is 5.69. The Kier molecular flexibility index (Phi) is 4.80. The van der Waals surface area contributed by atoms with Crippen LogP contribution in [0, 0.1) is 0 Å². The number of carbonyl (C=O) groups is 1. The van der Waals surface area contributed by atoms with E-state index in [1.807, 2.05) is 0 Å². The molecule has 1 aromatic heterocycles. The highest BCUT2D eigenvalue weighted by Crippen LogP contribution is 2.31. The number of halogens is 3. The van der Waals surface area contributed by atoms with E-state index in [2.05, 4.69) is 25.7 Å². The van der Waals surface area contributed by atoms with E-state index in [1.165, 1.54) is 13.3 Å². The number of rotatable bonds is 4. The lowest BCUT2D eigenvalue weighted by molar-refractivity contribution is -0.139. The molecule has 0 saturated heterocycles. The molecule has 0 saturated carbocycles. The third kappa shape index (κ3) is 3.12. The third-order valence-corrected chi connectivity index (χ3v) is 2.80. The maximum Gasteiger partial charge on any atom is 0.311 e. The van der Waals surface area contributed by atoms with Crippen molar-refractivity contribution >= 4 is 27.6 Å². The molecule has 1 aromatic rings. The predicted octanol–water partition coefficient (Wildman–Crippen LogP) is 2.21. The smallest absolute Gasteiger partial charge is 0.311 e. The molecule has 0 spiro atoms. The molecule has 17 heavy (non-hydrogen) atoms. The van der Waals surface area contributed by atoms with Crippen molar-refractivity contribution in [3.05, 3.63) is 23.0 Å². The summed E-state index contributed by atoms with van der Waals surface area (Å²) < 4.78 is 30.3. The van der Waals surface area contributed by atoms with Gasteiger partial charge in [0.05, 0.1) is 31.1 Å². The maximum atomic E-state index is 12.9. The minimum Gasteiger partial charge on any atom is -0.469 e. The SMILES string of the molecule is COC(=O)Cc1ncc(N)c(CBr)c1C(F)F. The summed E-state index contributed by atoms with van der Waals surface area (Å²) in [6.07, 6.45) is -1.77. The zero-order chi connectivity index (χ0) is 13.0. The minimum atomic E-state index is -2.74. The molecule has 0 amide bonds. The molecular formula is C10H11BrF2N2O2. The lowest BCUT2D eigenvalue weighted by Crippen LogP contribution is -2.12. The van der Waals surface area contributed by atoms with Crippen molar-refractivity contribution in [1.29, 1.82) is 0 Å². The van der Waals surface area contributed by atoms with Crippen LogP contribution in [0.2, 0.25) is 0 Å². The Hall–Kier alpha value is -1.24. The zero-order valence-corrected chi connectivity index (χ0v) is 10.6. The summed E-state index contributed by atoms with van der Waals surface area (Å²) in [7, 11) is 1.19. The van der Waals surface area contributed by atoms with Crippen molar-refractivity contribution in [3.8, 4) is 0 Å². The van der Waals surface area contributed by atoms with Gasteiger partial charge in [0.15, 0.2) is 0 Å². The predicted molar refractivity (Wildman–Crippen MR) is 62.0 cm³/mol. The number of hydrogen-bond acceptors (Lipinski definition) is 4. The molecule has 4 nitrogen and oxygen atoms in total. The number of esters is 1. The molecule has 0 fully saturated rings. The summed E-state index contributed by atoms with van der Waals surface area (Å²) in [6.45, 7) is 0. The highest BCUT2D eigenvalue weighted by atomic mass is 79.9. The monoisotopic (exact) mass is 308 g/mol. The molecule has 0 aliphatic rings. The topological polar surface area (TPSA) is 65.2 Å². The number of alkyl halides is 3. The molecule has 7 heteroatoms. The number of pyridine rings is 1. The first-order valence-electron chi connectivity index (χ1n) is 4.68. The van der Waals surface area contributed by atoms with Crippen molar-refractivity contribution in [1.82, 2.24) is 4.98 Å². The molecule has 1 rings (SSSR count). The van der Waals surface area contributed by atoms with Crippen LogP contribution in [-0.4, -0.2) is 18.1 Å². The van der Waals surface area contributed by atoms with Crippen molar-refractivity contribution in [2.45, 2.75) is 18.2 Å². The number of anilines is 1. The van der Waals surface area contributed by atoms with Crippen LogP contribution in [0.1, 0.15) is 23.2 Å². The molecule has 0 aliphatic carbocycles. The molecule has 0 unspecified atom stereocenters. The van der Waals surface area contributed by atoms with E-state index < -0.39 is 12.4 Å². The normalized spacial score (nSPS) is 10.6. The van der Waals surface area contributed by atoms with E-state index >= 15 is 0 Å². The second-order valence-electron chi connectivity index (χ2n) is 3.24. The summed E-state index contributed by atoms with van der Waals surface area (Å²) in [5, 5.41) is 0.176. The summed E-state index contributed by atoms with van der Waals surface area (Å²) in [6, 6.07) is 0. The Labute approximate surface area is 105 Å². The number of ether oxygens (including phenoxy) is 1. The Morgan fingerprint density at radius 1 is 1.65 bits per heavy atom. The van der Waals surface area contributed by atoms with E-state index in [1.54, 1.807) is 0 Å². The van der Waals surface area contributed by atoms with Crippen LogP contribution in [0.15, 0.2) is 6.20 Å². The first-order valence-corrected chi connectivity index (χ1v) is 5.80. The first kappa shape index (κ1) is 13.8. The van der Waals surface area contributed by atoms with Crippen LogP contribution in [0.5, 0.6) is 0 Å². The Morgan fingerprint density at radius 3 is 2.76 bits per heavy atom. The van der Waals surface area contributed by atoms with E-state index in [-0.39, 0.29) is 34.3 Å². The van der Waals surface area contributed by atoms with E-state index in [0.29, 0.717) is 0 Å². The van der Waals surface area contributed by atoms with E-state index in [0.717, 1.165) is 0 Å². The fraction of sp³-hybridized carbons (Fsp3) is 0.400. The van der Waals surface area contributed by atoms with Crippen molar-refractivity contribution in [3.63, 3.8) is 0 Å². The van der Waals surface area contributed by atoms with Crippen LogP contribution in [0.25, 0.3) is 0 Å². The number of nitrogens with zero attached hydrogens (tertiary/aromatic N) is 1. The number of nitrogen functional groups attached to an aromatic ring is 1. The van der Waals surface area contributed by atoms with Crippen LogP contribution < -0.4 is 5.73 Å². The Morgan fingerprint density at radius 2 is 2.29 bits per heavy atom. The van der Waals surface area contributed by atoms with Gasteiger partial charge in [-0.2, -0.15) is 0 Å². The van der Waals surface area contributed by atoms with Gasteiger partial charge in [0.2, 0.25) is 0 Å². The van der Waals surface area contributed by atoms with Crippen LogP contribution >= 0.6 is 15.9 Å². The minimum absolute atomic E-state index is 0.00417. The molecule has 2 N–H and O–H groups in total. The highest BCUT2D eigenvalue weighted by Gasteiger charge is 2.22. The average molecular weight is 309 g/mol. The average Bonchev–Trinajstić information content (AvgIpc) is 2.30. The molecule has 0 bridgehead atoms. The van der Waals surface area contributed by atoms with Crippen molar-refractivity contribution < 1.29 is 18.3 Å². The van der Waals surface area contributed by atoms with Crippen molar-refractivity contribution in [2.24, 2.45) is 0 Å². The van der Waals surface area contributed by atoms with Gasteiger partial charge in [-0.05, 0) is 5.56 Å². The number of methoxy groups -OCH3 is 1. The number of hydrogen-bond donors (Lipinski definition) is 1. The van der Waals surface area contributed by atoms with Crippen LogP contribution in [0.3, 0.4) is 0 Å². The fourth-order valence-electron chi connectivity index (χ4n) is 1.38. The van der Waals surface area contributed by atoms with E-state index in [9.17, 15) is 13.6 Å². The Bertz CT molecular complexity index is 427. The number of nitrogens with two attached hydrogens (primary N) is 1. The van der Waals surface area contributed by atoms with Gasteiger partial charge in [0.25, 0.3) is 6.43 Å². The standard InChI is InChI=1S/C10H11BrF2N2O2/c1-17-8(16)2-7-9(10(12)13)5(3-11)6(14)4-15-7/h4,10H,2-3,14H2,1H3. The second-order valence-corrected chi connectivity index (χ2v) is 3.80. The van der Waals surface area contributed by atoms with Gasteiger partial charge in [-0.25, -0.2) is 8.78 Å². The zero-order valence-electron chi connectivity index (χ0n) is 9.04. The summed E-state index contributed by atoms with van der Waals surface area (Å²) in [5.74, 6) is -0.621. The van der Waals surface area contributed by atoms with Gasteiger partial charge < -0.3 is 10.5 Å². The molecule has 0 atom stereocenters. The van der Waals surface area contributed by atoms with E-state index in [4.69, 9.17) is 5.73 Å². The third-order valence-electron chi connectivity index (χ3n) is 2.24. The molecule has 0 aromatic carbocycles. The highest BCUT2D eigenvalue weighted by molar-refractivity contribution is 9.08. The molecule has 0 aliphatic heterocycles. The molecule has 0 radical (unpaired) electrons. The fourth-order valence-corrected chi connectivity index (χ4v) is 2.01. The van der Waals surface area contributed by atoms with Gasteiger partial charge in [-0.3, -0.25) is 9.78 Å². The van der Waals surface area contributed by atoms with Gasteiger partial charge in [-0.1, -0.05) is 15.9 Å². The Balaban J connectivity index is 3.25. The van der Waals surface area contributed by atoms with Crippen LogP contribution in [0.4, 0.5) is 14.5 Å². The molecule has 94 valence electrons.